The van der Waals surface area contributed by atoms with Gasteiger partial charge in [0.2, 0.25) is 0 Å². The maximum atomic E-state index is 5.85. The predicted molar refractivity (Wildman–Crippen MR) is 126 cm³/mol. The van der Waals surface area contributed by atoms with E-state index in [9.17, 15) is 0 Å². The minimum absolute atomic E-state index is 0.194. The van der Waals surface area contributed by atoms with Crippen molar-refractivity contribution in [2.45, 2.75) is 19.9 Å². The molecule has 0 aliphatic heterocycles. The molecule has 0 saturated heterocycles. The molecule has 0 spiro atoms. The highest BCUT2D eigenvalue weighted by molar-refractivity contribution is 5.52. The number of hydrogen-bond donors (Lipinski definition) is 1. The summed E-state index contributed by atoms with van der Waals surface area (Å²) in [7, 11) is 0. The van der Waals surface area contributed by atoms with Gasteiger partial charge in [-0.05, 0) is 67.4 Å². The number of benzene rings is 3. The second-order valence-corrected chi connectivity index (χ2v) is 6.79. The van der Waals surface area contributed by atoms with Crippen molar-refractivity contribution in [3.63, 3.8) is 0 Å². The smallest absolute Gasteiger partial charge is 0.166 e. The summed E-state index contributed by atoms with van der Waals surface area (Å²) in [4.78, 5) is 0. The first-order chi connectivity index (χ1) is 15.2. The molecule has 3 aromatic rings. The van der Waals surface area contributed by atoms with Crippen molar-refractivity contribution in [3.05, 3.63) is 90.5 Å². The standard InChI is InChI=1S/C27H27NO3/c1-4-10-22-18-21(19-26(29-6-3)27(22)30-17-5-2)20-28-23-13-15-25(16-14-23)31-24-11-8-7-9-12-24/h2,4,7-9,11-16,18-19,28H,1,6,10,17,20H2,3H3. The Morgan fingerprint density at radius 2 is 1.74 bits per heavy atom. The number of anilines is 1. The van der Waals surface area contributed by atoms with Gasteiger partial charge < -0.3 is 19.5 Å². The van der Waals surface area contributed by atoms with Crippen LogP contribution in [0.15, 0.2) is 79.4 Å². The topological polar surface area (TPSA) is 39.7 Å². The quantitative estimate of drug-likeness (QED) is 0.299. The monoisotopic (exact) mass is 413 g/mol. The molecule has 0 aromatic heterocycles. The van der Waals surface area contributed by atoms with Crippen LogP contribution in [0.5, 0.6) is 23.0 Å². The van der Waals surface area contributed by atoms with Crippen LogP contribution in [0.3, 0.4) is 0 Å². The number of para-hydroxylation sites is 1. The van der Waals surface area contributed by atoms with Crippen molar-refractivity contribution in [2.75, 3.05) is 18.5 Å². The van der Waals surface area contributed by atoms with Crippen molar-refractivity contribution >= 4 is 5.69 Å². The zero-order valence-electron chi connectivity index (χ0n) is 17.8. The van der Waals surface area contributed by atoms with Crippen LogP contribution in [-0.2, 0) is 13.0 Å². The number of rotatable bonds is 11. The van der Waals surface area contributed by atoms with Gasteiger partial charge in [-0.25, -0.2) is 0 Å². The van der Waals surface area contributed by atoms with Gasteiger partial charge in [-0.3, -0.25) is 0 Å². The van der Waals surface area contributed by atoms with E-state index in [1.165, 1.54) is 0 Å². The molecule has 0 radical (unpaired) electrons. The third-order valence-corrected chi connectivity index (χ3v) is 4.49. The molecule has 0 fully saturated rings. The van der Waals surface area contributed by atoms with Crippen LogP contribution in [0.1, 0.15) is 18.1 Å². The lowest BCUT2D eigenvalue weighted by atomic mass is 10.1. The van der Waals surface area contributed by atoms with Gasteiger partial charge in [-0.1, -0.05) is 30.2 Å². The predicted octanol–water partition coefficient (Wildman–Crippen LogP) is 6.23. The van der Waals surface area contributed by atoms with Crippen LogP contribution >= 0.6 is 0 Å². The van der Waals surface area contributed by atoms with E-state index in [0.29, 0.717) is 31.1 Å². The highest BCUT2D eigenvalue weighted by atomic mass is 16.5. The average Bonchev–Trinajstić information content (AvgIpc) is 2.79. The summed E-state index contributed by atoms with van der Waals surface area (Å²) in [5.41, 5.74) is 3.08. The fraction of sp³-hybridized carbons (Fsp3) is 0.185. The van der Waals surface area contributed by atoms with Crippen LogP contribution in [0.25, 0.3) is 0 Å². The number of hydrogen-bond acceptors (Lipinski definition) is 4. The number of terminal acetylenes is 1. The zero-order chi connectivity index (χ0) is 21.9. The second-order valence-electron chi connectivity index (χ2n) is 6.79. The van der Waals surface area contributed by atoms with Crippen LogP contribution in [0.2, 0.25) is 0 Å². The second kappa shape index (κ2) is 11.4. The van der Waals surface area contributed by atoms with Gasteiger partial charge in [-0.15, -0.1) is 13.0 Å². The van der Waals surface area contributed by atoms with Crippen LogP contribution < -0.4 is 19.5 Å². The fourth-order valence-electron chi connectivity index (χ4n) is 3.14. The third kappa shape index (κ3) is 6.32. The normalized spacial score (nSPS) is 10.1. The third-order valence-electron chi connectivity index (χ3n) is 4.49. The van der Waals surface area contributed by atoms with Crippen LogP contribution in [-0.4, -0.2) is 13.2 Å². The molecule has 0 amide bonds. The first-order valence-electron chi connectivity index (χ1n) is 10.3. The van der Waals surface area contributed by atoms with E-state index in [1.54, 1.807) is 0 Å². The Balaban J connectivity index is 1.71. The molecule has 0 unspecified atom stereocenters. The molecule has 4 nitrogen and oxygen atoms in total. The molecule has 4 heteroatoms. The van der Waals surface area contributed by atoms with E-state index >= 15 is 0 Å². The summed E-state index contributed by atoms with van der Waals surface area (Å²) >= 11 is 0. The molecule has 31 heavy (non-hydrogen) atoms. The van der Waals surface area contributed by atoms with Gasteiger partial charge >= 0.3 is 0 Å². The van der Waals surface area contributed by atoms with Gasteiger partial charge in [0.15, 0.2) is 11.5 Å². The largest absolute Gasteiger partial charge is 0.490 e. The Bertz CT molecular complexity index is 1020. The van der Waals surface area contributed by atoms with Crippen molar-refractivity contribution in [2.24, 2.45) is 0 Å². The Labute approximate surface area is 184 Å². The van der Waals surface area contributed by atoms with Crippen LogP contribution in [0, 0.1) is 12.3 Å². The average molecular weight is 414 g/mol. The summed E-state index contributed by atoms with van der Waals surface area (Å²) in [6, 6.07) is 21.7. The molecule has 1 N–H and O–H groups in total. The van der Waals surface area contributed by atoms with E-state index in [-0.39, 0.29) is 6.61 Å². The molecule has 3 aromatic carbocycles. The molecule has 0 saturated carbocycles. The Hall–Kier alpha value is -3.84. The summed E-state index contributed by atoms with van der Waals surface area (Å²) in [5.74, 6) is 5.49. The Kier molecular flexibility index (Phi) is 8.02. The SMILES string of the molecule is C#CCOc1c(CC=C)cc(CNc2ccc(Oc3ccccc3)cc2)cc1OCC. The molecule has 0 heterocycles. The molecular weight excluding hydrogens is 386 g/mol. The van der Waals surface area contributed by atoms with Crippen molar-refractivity contribution in [3.8, 4) is 35.3 Å². The zero-order valence-corrected chi connectivity index (χ0v) is 17.8. The van der Waals surface area contributed by atoms with Gasteiger partial charge in [0.05, 0.1) is 6.61 Å². The van der Waals surface area contributed by atoms with Gasteiger partial charge in [0, 0.05) is 17.8 Å². The Morgan fingerprint density at radius 3 is 2.42 bits per heavy atom. The minimum atomic E-state index is 0.194. The number of ether oxygens (including phenoxy) is 3. The fourth-order valence-corrected chi connectivity index (χ4v) is 3.14. The highest BCUT2D eigenvalue weighted by Gasteiger charge is 2.13. The lowest BCUT2D eigenvalue weighted by Gasteiger charge is -2.17. The summed E-state index contributed by atoms with van der Waals surface area (Å²) in [5, 5.41) is 3.44. The van der Waals surface area contributed by atoms with E-state index < -0.39 is 0 Å². The van der Waals surface area contributed by atoms with Crippen molar-refractivity contribution in [1.82, 2.24) is 0 Å². The molecule has 158 valence electrons. The first kappa shape index (κ1) is 21.9. The first-order valence-corrected chi connectivity index (χ1v) is 10.3. The van der Waals surface area contributed by atoms with Crippen molar-refractivity contribution < 1.29 is 14.2 Å². The van der Waals surface area contributed by atoms with E-state index in [1.807, 2.05) is 73.7 Å². The summed E-state index contributed by atoms with van der Waals surface area (Å²) < 4.78 is 17.4. The maximum Gasteiger partial charge on any atom is 0.166 e. The summed E-state index contributed by atoms with van der Waals surface area (Å²) in [6.45, 7) is 7.17. The Morgan fingerprint density at radius 1 is 1.00 bits per heavy atom. The molecular formula is C27H27NO3. The number of nitrogens with one attached hydrogen (secondary N) is 1. The number of allylic oxidation sites excluding steroid dienone is 1. The lowest BCUT2D eigenvalue weighted by molar-refractivity contribution is 0.297. The minimum Gasteiger partial charge on any atom is -0.490 e. The highest BCUT2D eigenvalue weighted by Crippen LogP contribution is 2.34. The maximum absolute atomic E-state index is 5.85. The molecule has 0 aliphatic rings. The molecule has 0 aliphatic carbocycles. The molecule has 0 bridgehead atoms. The van der Waals surface area contributed by atoms with Crippen molar-refractivity contribution in [1.29, 1.82) is 0 Å². The van der Waals surface area contributed by atoms with Gasteiger partial charge in [0.25, 0.3) is 0 Å². The summed E-state index contributed by atoms with van der Waals surface area (Å²) in [6.07, 6.45) is 7.87. The van der Waals surface area contributed by atoms with E-state index in [2.05, 4.69) is 23.9 Å². The van der Waals surface area contributed by atoms with E-state index in [0.717, 1.165) is 28.3 Å². The molecule has 3 rings (SSSR count). The van der Waals surface area contributed by atoms with Gasteiger partial charge in [0.1, 0.15) is 18.1 Å². The lowest BCUT2D eigenvalue weighted by Crippen LogP contribution is -2.06. The van der Waals surface area contributed by atoms with Crippen LogP contribution in [0.4, 0.5) is 5.69 Å². The van der Waals surface area contributed by atoms with E-state index in [4.69, 9.17) is 20.6 Å². The molecule has 0 atom stereocenters. The van der Waals surface area contributed by atoms with Gasteiger partial charge in [-0.2, -0.15) is 0 Å².